The molecule has 0 heterocycles. The zero-order chi connectivity index (χ0) is 15.4. The summed E-state index contributed by atoms with van der Waals surface area (Å²) in [6.07, 6.45) is 0. The first-order valence-electron chi connectivity index (χ1n) is 6.36. The van der Waals surface area contributed by atoms with Crippen molar-refractivity contribution in [1.29, 1.82) is 5.26 Å². The highest BCUT2D eigenvalue weighted by molar-refractivity contribution is 5.49. The highest BCUT2D eigenvalue weighted by atomic mass is 19.1. The molecule has 0 amide bonds. The van der Waals surface area contributed by atoms with Gasteiger partial charge < -0.3 is 15.2 Å². The number of nitrogens with two attached hydrogens (primary N) is 1. The third kappa shape index (κ3) is 3.30. The van der Waals surface area contributed by atoms with Gasteiger partial charge in [-0.25, -0.2) is 4.39 Å². The van der Waals surface area contributed by atoms with E-state index >= 15 is 0 Å². The number of nitrogens with zero attached hydrogens (tertiary/aromatic N) is 1. The zero-order valence-electron chi connectivity index (χ0n) is 11.8. The van der Waals surface area contributed by atoms with Crippen molar-refractivity contribution in [3.8, 4) is 23.3 Å². The monoisotopic (exact) mass is 286 g/mol. The van der Waals surface area contributed by atoms with Crippen LogP contribution in [-0.4, -0.2) is 7.11 Å². The highest BCUT2D eigenvalue weighted by Crippen LogP contribution is 2.35. The average molecular weight is 286 g/mol. The average Bonchev–Trinajstić information content (AvgIpc) is 2.49. The molecule has 2 rings (SSSR count). The van der Waals surface area contributed by atoms with E-state index in [1.165, 1.54) is 25.3 Å². The summed E-state index contributed by atoms with van der Waals surface area (Å²) >= 11 is 0. The van der Waals surface area contributed by atoms with Crippen LogP contribution in [0.15, 0.2) is 36.4 Å². The van der Waals surface area contributed by atoms with E-state index in [0.29, 0.717) is 28.4 Å². The van der Waals surface area contributed by atoms with E-state index in [4.69, 9.17) is 20.5 Å². The van der Waals surface area contributed by atoms with Gasteiger partial charge in [0.05, 0.1) is 18.7 Å². The Balaban J connectivity index is 2.41. The number of hydrogen-bond donors (Lipinski definition) is 1. The largest absolute Gasteiger partial charge is 0.493 e. The van der Waals surface area contributed by atoms with Crippen molar-refractivity contribution in [3.05, 3.63) is 53.3 Å². The molecule has 2 N–H and O–H groups in total. The van der Waals surface area contributed by atoms with E-state index in [9.17, 15) is 4.39 Å². The van der Waals surface area contributed by atoms with Gasteiger partial charge in [0.2, 0.25) is 0 Å². The number of rotatable bonds is 4. The lowest BCUT2D eigenvalue weighted by atomic mass is 10.1. The van der Waals surface area contributed by atoms with Crippen molar-refractivity contribution in [2.75, 3.05) is 7.11 Å². The minimum atomic E-state index is -0.375. The first-order chi connectivity index (χ1) is 10.0. The van der Waals surface area contributed by atoms with Gasteiger partial charge in [-0.15, -0.1) is 0 Å². The van der Waals surface area contributed by atoms with Crippen molar-refractivity contribution in [1.82, 2.24) is 0 Å². The van der Waals surface area contributed by atoms with Crippen molar-refractivity contribution in [2.45, 2.75) is 13.0 Å². The normalized spacial score (nSPS) is 11.6. The summed E-state index contributed by atoms with van der Waals surface area (Å²) in [7, 11) is 1.49. The van der Waals surface area contributed by atoms with Crippen molar-refractivity contribution < 1.29 is 13.9 Å². The summed E-state index contributed by atoms with van der Waals surface area (Å²) in [5.41, 5.74) is 6.85. The Morgan fingerprint density at radius 1 is 1.14 bits per heavy atom. The molecule has 4 nitrogen and oxygen atoms in total. The first kappa shape index (κ1) is 14.8. The molecule has 5 heteroatoms. The van der Waals surface area contributed by atoms with Gasteiger partial charge in [0.15, 0.2) is 11.5 Å². The second-order valence-corrected chi connectivity index (χ2v) is 4.55. The Hall–Kier alpha value is -2.58. The van der Waals surface area contributed by atoms with Gasteiger partial charge in [0.25, 0.3) is 0 Å². The van der Waals surface area contributed by atoms with Gasteiger partial charge in [-0.3, -0.25) is 0 Å². The van der Waals surface area contributed by atoms with Crippen LogP contribution in [0.5, 0.6) is 17.2 Å². The maximum Gasteiger partial charge on any atom is 0.169 e. The topological polar surface area (TPSA) is 68.3 Å². The summed E-state index contributed by atoms with van der Waals surface area (Å²) in [4.78, 5) is 0. The molecule has 0 aliphatic heterocycles. The fourth-order valence-corrected chi connectivity index (χ4v) is 1.91. The Bertz CT molecular complexity index is 693. The van der Waals surface area contributed by atoms with Gasteiger partial charge >= 0.3 is 0 Å². The predicted octanol–water partition coefficient (Wildman–Crippen LogP) is 3.52. The number of hydrogen-bond acceptors (Lipinski definition) is 4. The van der Waals surface area contributed by atoms with E-state index in [2.05, 4.69) is 0 Å². The van der Waals surface area contributed by atoms with E-state index < -0.39 is 0 Å². The van der Waals surface area contributed by atoms with Crippen LogP contribution in [0.3, 0.4) is 0 Å². The molecule has 2 aromatic carbocycles. The van der Waals surface area contributed by atoms with Gasteiger partial charge in [0, 0.05) is 17.7 Å². The molecule has 1 atom stereocenters. The minimum Gasteiger partial charge on any atom is -0.493 e. The molecule has 0 aliphatic carbocycles. The zero-order valence-corrected chi connectivity index (χ0v) is 11.8. The Labute approximate surface area is 122 Å². The van der Waals surface area contributed by atoms with E-state index in [1.54, 1.807) is 25.1 Å². The third-order valence-corrected chi connectivity index (χ3v) is 2.98. The highest BCUT2D eigenvalue weighted by Gasteiger charge is 2.13. The van der Waals surface area contributed by atoms with E-state index in [0.717, 1.165) is 0 Å². The molecule has 0 saturated heterocycles. The number of halogens is 1. The fourth-order valence-electron chi connectivity index (χ4n) is 1.91. The van der Waals surface area contributed by atoms with Gasteiger partial charge in [-0.1, -0.05) is 0 Å². The maximum absolute atomic E-state index is 13.3. The molecule has 0 fully saturated rings. The minimum absolute atomic E-state index is 0.374. The van der Waals surface area contributed by atoms with Gasteiger partial charge in [-0.05, 0) is 37.3 Å². The van der Waals surface area contributed by atoms with Crippen molar-refractivity contribution >= 4 is 0 Å². The summed E-state index contributed by atoms with van der Waals surface area (Å²) in [6, 6.07) is 10.6. The van der Waals surface area contributed by atoms with E-state index in [-0.39, 0.29) is 11.9 Å². The molecule has 0 spiro atoms. The van der Waals surface area contributed by atoms with Crippen molar-refractivity contribution in [2.24, 2.45) is 5.73 Å². The molecule has 0 unspecified atom stereocenters. The molecule has 0 aliphatic rings. The predicted molar refractivity (Wildman–Crippen MR) is 76.8 cm³/mol. The van der Waals surface area contributed by atoms with E-state index in [1.807, 2.05) is 6.07 Å². The molecule has 0 bridgehead atoms. The summed E-state index contributed by atoms with van der Waals surface area (Å²) in [5.74, 6) is 0.940. The third-order valence-electron chi connectivity index (χ3n) is 2.98. The lowest BCUT2D eigenvalue weighted by molar-refractivity contribution is 0.376. The van der Waals surface area contributed by atoms with Crippen LogP contribution in [0, 0.1) is 17.1 Å². The Kier molecular flexibility index (Phi) is 4.41. The number of benzene rings is 2. The first-order valence-corrected chi connectivity index (χ1v) is 6.36. The second-order valence-electron chi connectivity index (χ2n) is 4.55. The summed E-state index contributed by atoms with van der Waals surface area (Å²) in [6.45, 7) is 1.75. The molecule has 108 valence electrons. The number of methoxy groups -OCH3 is 1. The number of ether oxygens (including phenoxy) is 2. The van der Waals surface area contributed by atoms with Crippen LogP contribution in [0.4, 0.5) is 4.39 Å². The molecular formula is C16H15FN2O2. The standard InChI is InChI=1S/C16H15FN2O2/c1-10(19)13-8-12(17)4-6-14(13)21-15-5-3-11(9-18)7-16(15)20-2/h3-8,10H,19H2,1-2H3/t10-/m0/s1. The molecule has 0 radical (unpaired) electrons. The molecule has 2 aromatic rings. The fraction of sp³-hybridized carbons (Fsp3) is 0.188. The smallest absolute Gasteiger partial charge is 0.169 e. The maximum atomic E-state index is 13.3. The van der Waals surface area contributed by atoms with Gasteiger partial charge in [0.1, 0.15) is 11.6 Å². The molecule has 0 aromatic heterocycles. The summed E-state index contributed by atoms with van der Waals surface area (Å²) < 4.78 is 24.3. The Morgan fingerprint density at radius 2 is 1.86 bits per heavy atom. The van der Waals surface area contributed by atoms with Crippen LogP contribution in [0.1, 0.15) is 24.1 Å². The van der Waals surface area contributed by atoms with Gasteiger partial charge in [-0.2, -0.15) is 5.26 Å². The van der Waals surface area contributed by atoms with Crippen LogP contribution in [-0.2, 0) is 0 Å². The van der Waals surface area contributed by atoms with Crippen LogP contribution >= 0.6 is 0 Å². The lowest BCUT2D eigenvalue weighted by Crippen LogP contribution is -2.07. The SMILES string of the molecule is COc1cc(C#N)ccc1Oc1ccc(F)cc1[C@H](C)N. The lowest BCUT2D eigenvalue weighted by Gasteiger charge is -2.15. The quantitative estimate of drug-likeness (QED) is 0.933. The molecule has 0 saturated carbocycles. The van der Waals surface area contributed by atoms with Crippen LogP contribution in [0.25, 0.3) is 0 Å². The Morgan fingerprint density at radius 3 is 2.48 bits per heavy atom. The molecule has 21 heavy (non-hydrogen) atoms. The summed E-state index contributed by atoms with van der Waals surface area (Å²) in [5, 5.41) is 8.88. The number of nitriles is 1. The van der Waals surface area contributed by atoms with Crippen LogP contribution < -0.4 is 15.2 Å². The van der Waals surface area contributed by atoms with Crippen LogP contribution in [0.2, 0.25) is 0 Å². The second kappa shape index (κ2) is 6.25. The van der Waals surface area contributed by atoms with Crippen molar-refractivity contribution in [3.63, 3.8) is 0 Å². The molecular weight excluding hydrogens is 271 g/mol.